The lowest BCUT2D eigenvalue weighted by atomic mass is 10.1. The van der Waals surface area contributed by atoms with Crippen molar-refractivity contribution in [2.45, 2.75) is 40.0 Å². The fourth-order valence-corrected chi connectivity index (χ4v) is 1.56. The molecule has 0 radical (unpaired) electrons. The Bertz CT molecular complexity index is 356. The Morgan fingerprint density at radius 2 is 2.00 bits per heavy atom. The molecule has 0 fully saturated rings. The van der Waals surface area contributed by atoms with Gasteiger partial charge in [0.15, 0.2) is 0 Å². The van der Waals surface area contributed by atoms with Crippen molar-refractivity contribution in [1.29, 1.82) is 0 Å². The number of hydrogen-bond acceptors (Lipinski definition) is 2. The Labute approximate surface area is 97.6 Å². The zero-order valence-corrected chi connectivity index (χ0v) is 10.4. The summed E-state index contributed by atoms with van der Waals surface area (Å²) in [5.74, 6) is 1.18. The molecule has 0 N–H and O–H groups in total. The normalized spacial score (nSPS) is 10.2. The van der Waals surface area contributed by atoms with Crippen molar-refractivity contribution in [1.82, 2.24) is 0 Å². The highest BCUT2D eigenvalue weighted by Crippen LogP contribution is 2.20. The first-order valence-electron chi connectivity index (χ1n) is 5.86. The smallest absolute Gasteiger partial charge is 0.136 e. The molecule has 0 aromatic heterocycles. The highest BCUT2D eigenvalue weighted by atomic mass is 16.5. The van der Waals surface area contributed by atoms with E-state index >= 15 is 0 Å². The van der Waals surface area contributed by atoms with Crippen LogP contribution < -0.4 is 4.74 Å². The summed E-state index contributed by atoms with van der Waals surface area (Å²) in [5, 5.41) is 0. The van der Waals surface area contributed by atoms with Crippen LogP contribution >= 0.6 is 0 Å². The first kappa shape index (κ1) is 12.8. The van der Waals surface area contributed by atoms with Gasteiger partial charge in [0.05, 0.1) is 6.61 Å². The number of rotatable bonds is 6. The molecule has 0 amide bonds. The minimum absolute atomic E-state index is 0.285. The maximum Gasteiger partial charge on any atom is 0.136 e. The lowest BCUT2D eigenvalue weighted by Crippen LogP contribution is -2.06. The summed E-state index contributed by atoms with van der Waals surface area (Å²) in [6.07, 6.45) is 2.10. The quantitative estimate of drug-likeness (QED) is 0.734. The SMILES string of the molecule is CCCC(=O)CCOc1cccc(C)c1C. The number of benzene rings is 1. The number of ether oxygens (including phenoxy) is 1. The second-order valence-electron chi connectivity index (χ2n) is 4.09. The molecule has 0 saturated heterocycles. The highest BCUT2D eigenvalue weighted by Gasteiger charge is 2.03. The Morgan fingerprint density at radius 1 is 1.25 bits per heavy atom. The lowest BCUT2D eigenvalue weighted by Gasteiger charge is -2.10. The molecule has 1 aromatic rings. The molecule has 0 aliphatic rings. The van der Waals surface area contributed by atoms with Crippen LogP contribution in [0.1, 0.15) is 37.3 Å². The van der Waals surface area contributed by atoms with Gasteiger partial charge in [-0.25, -0.2) is 0 Å². The number of carbonyl (C=O) groups excluding carboxylic acids is 1. The number of ketones is 1. The van der Waals surface area contributed by atoms with Gasteiger partial charge < -0.3 is 4.74 Å². The summed E-state index contributed by atoms with van der Waals surface area (Å²) in [5.41, 5.74) is 2.38. The second kappa shape index (κ2) is 6.31. The summed E-state index contributed by atoms with van der Waals surface area (Å²) in [4.78, 5) is 11.3. The van der Waals surface area contributed by atoms with E-state index in [9.17, 15) is 4.79 Å². The standard InChI is InChI=1S/C14H20O2/c1-4-6-13(15)9-10-16-14-8-5-7-11(2)12(14)3/h5,7-8H,4,6,9-10H2,1-3H3. The Balaban J connectivity index is 2.43. The van der Waals surface area contributed by atoms with E-state index in [1.807, 2.05) is 26.0 Å². The highest BCUT2D eigenvalue weighted by molar-refractivity contribution is 5.78. The van der Waals surface area contributed by atoms with Crippen LogP contribution in [0.25, 0.3) is 0 Å². The molecule has 0 heterocycles. The molecular formula is C14H20O2. The summed E-state index contributed by atoms with van der Waals surface area (Å²) in [7, 11) is 0. The molecule has 2 nitrogen and oxygen atoms in total. The van der Waals surface area contributed by atoms with E-state index in [0.29, 0.717) is 19.4 Å². The van der Waals surface area contributed by atoms with Crippen LogP contribution in [-0.2, 0) is 4.79 Å². The molecule has 88 valence electrons. The van der Waals surface area contributed by atoms with Gasteiger partial charge in [-0.3, -0.25) is 4.79 Å². The molecule has 1 rings (SSSR count). The van der Waals surface area contributed by atoms with Gasteiger partial charge >= 0.3 is 0 Å². The van der Waals surface area contributed by atoms with Crippen LogP contribution in [0.2, 0.25) is 0 Å². The van der Waals surface area contributed by atoms with Crippen LogP contribution in [0, 0.1) is 13.8 Å². The van der Waals surface area contributed by atoms with Crippen molar-refractivity contribution in [2.75, 3.05) is 6.61 Å². The van der Waals surface area contributed by atoms with E-state index in [4.69, 9.17) is 4.74 Å². The topological polar surface area (TPSA) is 26.3 Å². The van der Waals surface area contributed by atoms with Gasteiger partial charge in [0.2, 0.25) is 0 Å². The third kappa shape index (κ3) is 3.69. The van der Waals surface area contributed by atoms with Crippen molar-refractivity contribution in [2.24, 2.45) is 0 Å². The Morgan fingerprint density at radius 3 is 2.69 bits per heavy atom. The third-order valence-corrected chi connectivity index (χ3v) is 2.72. The number of aryl methyl sites for hydroxylation is 1. The predicted molar refractivity (Wildman–Crippen MR) is 65.9 cm³/mol. The van der Waals surface area contributed by atoms with Gasteiger partial charge in [-0.15, -0.1) is 0 Å². The minimum atomic E-state index is 0.285. The maximum atomic E-state index is 11.3. The first-order valence-corrected chi connectivity index (χ1v) is 5.86. The third-order valence-electron chi connectivity index (χ3n) is 2.72. The van der Waals surface area contributed by atoms with Crippen LogP contribution in [0.4, 0.5) is 0 Å². The van der Waals surface area contributed by atoms with Crippen molar-refractivity contribution in [3.8, 4) is 5.75 Å². The molecular weight excluding hydrogens is 200 g/mol. The molecule has 0 bridgehead atoms. The van der Waals surface area contributed by atoms with Gasteiger partial charge in [0, 0.05) is 12.8 Å². The molecule has 0 unspecified atom stereocenters. The predicted octanol–water partition coefficient (Wildman–Crippen LogP) is 3.44. The van der Waals surface area contributed by atoms with E-state index in [-0.39, 0.29) is 5.78 Å². The van der Waals surface area contributed by atoms with E-state index in [1.54, 1.807) is 0 Å². The van der Waals surface area contributed by atoms with Gasteiger partial charge in [-0.05, 0) is 37.5 Å². The monoisotopic (exact) mass is 220 g/mol. The lowest BCUT2D eigenvalue weighted by molar-refractivity contribution is -0.119. The fraction of sp³-hybridized carbons (Fsp3) is 0.500. The van der Waals surface area contributed by atoms with E-state index in [0.717, 1.165) is 17.7 Å². The van der Waals surface area contributed by atoms with Gasteiger partial charge in [0.25, 0.3) is 0 Å². The summed E-state index contributed by atoms with van der Waals surface area (Å²) in [6.45, 7) is 6.61. The zero-order chi connectivity index (χ0) is 12.0. The van der Waals surface area contributed by atoms with Crippen LogP contribution in [0.5, 0.6) is 5.75 Å². The van der Waals surface area contributed by atoms with Crippen molar-refractivity contribution >= 4 is 5.78 Å². The van der Waals surface area contributed by atoms with Gasteiger partial charge in [-0.1, -0.05) is 19.1 Å². The van der Waals surface area contributed by atoms with E-state index < -0.39 is 0 Å². The molecule has 0 aliphatic heterocycles. The van der Waals surface area contributed by atoms with Crippen molar-refractivity contribution in [3.05, 3.63) is 29.3 Å². The summed E-state index contributed by atoms with van der Waals surface area (Å²) in [6, 6.07) is 5.99. The van der Waals surface area contributed by atoms with Crippen molar-refractivity contribution < 1.29 is 9.53 Å². The fourth-order valence-electron chi connectivity index (χ4n) is 1.56. The average molecular weight is 220 g/mol. The van der Waals surface area contributed by atoms with Crippen LogP contribution in [0.15, 0.2) is 18.2 Å². The van der Waals surface area contributed by atoms with Crippen molar-refractivity contribution in [3.63, 3.8) is 0 Å². The number of carbonyl (C=O) groups is 1. The maximum absolute atomic E-state index is 11.3. The zero-order valence-electron chi connectivity index (χ0n) is 10.4. The first-order chi connectivity index (χ1) is 7.65. The average Bonchev–Trinajstić information content (AvgIpc) is 2.25. The van der Waals surface area contributed by atoms with Gasteiger partial charge in [0.1, 0.15) is 11.5 Å². The van der Waals surface area contributed by atoms with E-state index in [2.05, 4.69) is 13.0 Å². The molecule has 1 aromatic carbocycles. The number of hydrogen-bond donors (Lipinski definition) is 0. The van der Waals surface area contributed by atoms with E-state index in [1.165, 1.54) is 5.56 Å². The summed E-state index contributed by atoms with van der Waals surface area (Å²) >= 11 is 0. The Hall–Kier alpha value is -1.31. The molecule has 0 atom stereocenters. The second-order valence-corrected chi connectivity index (χ2v) is 4.09. The molecule has 16 heavy (non-hydrogen) atoms. The van der Waals surface area contributed by atoms with Gasteiger partial charge in [-0.2, -0.15) is 0 Å². The largest absolute Gasteiger partial charge is 0.493 e. The number of Topliss-reactive ketones (excluding diaryl/α,β-unsaturated/α-hetero) is 1. The molecule has 0 spiro atoms. The Kier molecular flexibility index (Phi) is 5.03. The minimum Gasteiger partial charge on any atom is -0.493 e. The molecule has 0 saturated carbocycles. The molecule has 0 aliphatic carbocycles. The summed E-state index contributed by atoms with van der Waals surface area (Å²) < 4.78 is 5.61. The molecule has 2 heteroatoms. The van der Waals surface area contributed by atoms with Crippen LogP contribution in [-0.4, -0.2) is 12.4 Å². The van der Waals surface area contributed by atoms with Crippen LogP contribution in [0.3, 0.4) is 0 Å².